The zero-order valence-electron chi connectivity index (χ0n) is 7.94. The van der Waals surface area contributed by atoms with Crippen molar-refractivity contribution in [3.8, 4) is 0 Å². The monoisotopic (exact) mass is 241 g/mol. The Morgan fingerprint density at radius 2 is 1.88 bits per heavy atom. The van der Waals surface area contributed by atoms with E-state index in [2.05, 4.69) is 16.6 Å². The maximum Gasteiger partial charge on any atom is 0.456 e. The quantitative estimate of drug-likeness (QED) is 0.767. The van der Waals surface area contributed by atoms with Gasteiger partial charge in [0.2, 0.25) is 0 Å². The first-order chi connectivity index (χ1) is 7.22. The fourth-order valence-electron chi connectivity index (χ4n) is 0.838. The van der Waals surface area contributed by atoms with Crippen molar-refractivity contribution < 1.29 is 26.7 Å². The lowest BCUT2D eigenvalue weighted by atomic mass is 10.3. The number of ether oxygens (including phenoxy) is 1. The normalized spacial score (nSPS) is 16.8. The van der Waals surface area contributed by atoms with Gasteiger partial charge in [0.15, 0.2) is 6.61 Å². The van der Waals surface area contributed by atoms with E-state index in [0.717, 1.165) is 0 Å². The molecule has 0 saturated carbocycles. The van der Waals surface area contributed by atoms with E-state index in [-0.39, 0.29) is 5.76 Å². The van der Waals surface area contributed by atoms with Crippen molar-refractivity contribution in [1.29, 1.82) is 0 Å². The van der Waals surface area contributed by atoms with E-state index < -0.39 is 18.7 Å². The number of allylic oxidation sites excluding steroid dienone is 2. The molecule has 1 N–H and O–H groups in total. The van der Waals surface area contributed by atoms with Crippen LogP contribution >= 0.6 is 0 Å². The molecule has 0 saturated heterocycles. The minimum Gasteiger partial charge on any atom is -0.487 e. The second-order valence-electron chi connectivity index (χ2n) is 3.04. The lowest BCUT2D eigenvalue weighted by molar-refractivity contribution is -0.293. The van der Waals surface area contributed by atoms with Crippen LogP contribution in [-0.4, -0.2) is 18.7 Å². The Morgan fingerprint density at radius 1 is 1.25 bits per heavy atom. The number of nitrogens with one attached hydrogen (secondary N) is 1. The summed E-state index contributed by atoms with van der Waals surface area (Å²) >= 11 is 0. The first kappa shape index (κ1) is 12.5. The van der Waals surface area contributed by atoms with Crippen molar-refractivity contribution in [2.45, 2.75) is 12.1 Å². The smallest absolute Gasteiger partial charge is 0.456 e. The molecule has 0 atom stereocenters. The van der Waals surface area contributed by atoms with Crippen molar-refractivity contribution >= 4 is 0 Å². The van der Waals surface area contributed by atoms with E-state index in [9.17, 15) is 22.0 Å². The molecule has 0 unspecified atom stereocenters. The molecule has 0 bridgehead atoms. The Morgan fingerprint density at radius 3 is 2.38 bits per heavy atom. The van der Waals surface area contributed by atoms with Gasteiger partial charge in [-0.1, -0.05) is 6.58 Å². The van der Waals surface area contributed by atoms with Gasteiger partial charge >= 0.3 is 12.1 Å². The molecule has 7 heteroatoms. The van der Waals surface area contributed by atoms with Crippen LogP contribution < -0.4 is 5.32 Å². The van der Waals surface area contributed by atoms with Crippen molar-refractivity contribution in [1.82, 2.24) is 5.32 Å². The van der Waals surface area contributed by atoms with Gasteiger partial charge in [0.1, 0.15) is 5.76 Å². The fourth-order valence-corrected chi connectivity index (χ4v) is 0.838. The molecule has 0 aromatic heterocycles. The first-order valence-electron chi connectivity index (χ1n) is 4.13. The Labute approximate surface area is 88.1 Å². The van der Waals surface area contributed by atoms with E-state index in [1.54, 1.807) is 0 Å². The Balaban J connectivity index is 2.58. The molecule has 1 aliphatic rings. The van der Waals surface area contributed by atoms with Crippen LogP contribution in [0.3, 0.4) is 0 Å². The SMILES string of the molecule is C=C1C=C(OCC(F)(F)C(F)(F)F)C=CN1. The summed E-state index contributed by atoms with van der Waals surface area (Å²) in [5.41, 5.74) is 0.341. The minimum atomic E-state index is -5.61. The van der Waals surface area contributed by atoms with Gasteiger partial charge in [-0.2, -0.15) is 22.0 Å². The summed E-state index contributed by atoms with van der Waals surface area (Å²) in [7, 11) is 0. The van der Waals surface area contributed by atoms with E-state index in [0.29, 0.717) is 5.70 Å². The Kier molecular flexibility index (Phi) is 3.25. The van der Waals surface area contributed by atoms with Crippen LogP contribution in [0.25, 0.3) is 0 Å². The van der Waals surface area contributed by atoms with Crippen LogP contribution in [0.15, 0.2) is 36.4 Å². The van der Waals surface area contributed by atoms with Crippen LogP contribution in [0, 0.1) is 0 Å². The molecule has 0 aromatic rings. The number of halogens is 5. The van der Waals surface area contributed by atoms with Crippen molar-refractivity contribution in [2.24, 2.45) is 0 Å². The van der Waals surface area contributed by atoms with Gasteiger partial charge in [0.25, 0.3) is 0 Å². The summed E-state index contributed by atoms with van der Waals surface area (Å²) in [4.78, 5) is 0. The topological polar surface area (TPSA) is 21.3 Å². The van der Waals surface area contributed by atoms with E-state index in [1.807, 2.05) is 0 Å². The molecule has 0 amide bonds. The zero-order valence-corrected chi connectivity index (χ0v) is 7.94. The van der Waals surface area contributed by atoms with Crippen LogP contribution in [0.5, 0.6) is 0 Å². The van der Waals surface area contributed by atoms with Crippen molar-refractivity contribution in [2.75, 3.05) is 6.61 Å². The average molecular weight is 241 g/mol. The maximum atomic E-state index is 12.4. The number of dihydropyridines is 1. The predicted octanol–water partition coefficient (Wildman–Crippen LogP) is 2.72. The third-order valence-corrected chi connectivity index (χ3v) is 1.67. The minimum absolute atomic E-state index is 0.104. The van der Waals surface area contributed by atoms with E-state index in [4.69, 9.17) is 0 Å². The van der Waals surface area contributed by atoms with Gasteiger partial charge < -0.3 is 10.1 Å². The predicted molar refractivity (Wildman–Crippen MR) is 46.5 cm³/mol. The van der Waals surface area contributed by atoms with Gasteiger partial charge in [-0.15, -0.1) is 0 Å². The molecule has 0 fully saturated rings. The standard InChI is InChI=1S/C9H8F5NO/c1-6-4-7(2-3-15-6)16-5-8(10,11)9(12,13)14/h2-4,15H,1,5H2. The first-order valence-corrected chi connectivity index (χ1v) is 4.13. The van der Waals surface area contributed by atoms with Gasteiger partial charge in [-0.3, -0.25) is 0 Å². The number of hydrogen-bond acceptors (Lipinski definition) is 2. The highest BCUT2D eigenvalue weighted by Crippen LogP contribution is 2.35. The fraction of sp³-hybridized carbons (Fsp3) is 0.333. The molecular formula is C9H8F5NO. The van der Waals surface area contributed by atoms with E-state index in [1.165, 1.54) is 18.4 Å². The third kappa shape index (κ3) is 2.98. The molecule has 1 aliphatic heterocycles. The lowest BCUT2D eigenvalue weighted by Crippen LogP contribution is -2.40. The third-order valence-electron chi connectivity index (χ3n) is 1.67. The Hall–Kier alpha value is -1.53. The molecule has 0 aliphatic carbocycles. The molecule has 2 nitrogen and oxygen atoms in total. The summed E-state index contributed by atoms with van der Waals surface area (Å²) in [6.45, 7) is 1.68. The van der Waals surface area contributed by atoms with Gasteiger partial charge in [-0.05, 0) is 6.08 Å². The van der Waals surface area contributed by atoms with Gasteiger partial charge in [-0.25, -0.2) is 0 Å². The van der Waals surface area contributed by atoms with Crippen molar-refractivity contribution in [3.05, 3.63) is 36.4 Å². The molecule has 1 rings (SSSR count). The molecule has 90 valence electrons. The molecule has 0 spiro atoms. The summed E-state index contributed by atoms with van der Waals surface area (Å²) in [5, 5.41) is 2.60. The van der Waals surface area contributed by atoms with E-state index >= 15 is 0 Å². The number of hydrogen-bond donors (Lipinski definition) is 1. The molecule has 16 heavy (non-hydrogen) atoms. The largest absolute Gasteiger partial charge is 0.487 e. The van der Waals surface area contributed by atoms with Gasteiger partial charge in [0, 0.05) is 18.0 Å². The maximum absolute atomic E-state index is 12.4. The summed E-state index contributed by atoms with van der Waals surface area (Å²) in [6.07, 6.45) is -1.85. The highest BCUT2D eigenvalue weighted by Gasteiger charge is 2.58. The summed E-state index contributed by atoms with van der Waals surface area (Å²) in [5.74, 6) is -4.97. The molecule has 0 radical (unpaired) electrons. The Bertz CT molecular complexity index is 342. The second kappa shape index (κ2) is 4.15. The zero-order chi connectivity index (χ0) is 12.4. The summed E-state index contributed by atoms with van der Waals surface area (Å²) in [6, 6.07) is 0. The van der Waals surface area contributed by atoms with Crippen molar-refractivity contribution in [3.63, 3.8) is 0 Å². The lowest BCUT2D eigenvalue weighted by Gasteiger charge is -2.20. The number of alkyl halides is 5. The molecule has 0 aromatic carbocycles. The second-order valence-corrected chi connectivity index (χ2v) is 3.04. The highest BCUT2D eigenvalue weighted by atomic mass is 19.4. The average Bonchev–Trinajstić information content (AvgIpc) is 2.13. The van der Waals surface area contributed by atoms with Crippen LogP contribution in [0.4, 0.5) is 22.0 Å². The van der Waals surface area contributed by atoms with Crippen LogP contribution in [0.2, 0.25) is 0 Å². The highest BCUT2D eigenvalue weighted by molar-refractivity contribution is 5.29. The van der Waals surface area contributed by atoms with Crippen LogP contribution in [0.1, 0.15) is 0 Å². The molecule has 1 heterocycles. The van der Waals surface area contributed by atoms with Gasteiger partial charge in [0.05, 0.1) is 0 Å². The van der Waals surface area contributed by atoms with Crippen LogP contribution in [-0.2, 0) is 4.74 Å². The summed E-state index contributed by atoms with van der Waals surface area (Å²) < 4.78 is 64.5. The number of rotatable bonds is 3. The molecular weight excluding hydrogens is 233 g/mol.